The molecule has 3 amide bonds. The third-order valence-electron chi connectivity index (χ3n) is 11.1. The van der Waals surface area contributed by atoms with Crippen LogP contribution in [0.2, 0.25) is 0 Å². The molecule has 2 fully saturated rings. The van der Waals surface area contributed by atoms with Crippen molar-refractivity contribution < 1.29 is 33.4 Å². The predicted octanol–water partition coefficient (Wildman–Crippen LogP) is 7.47. The maximum absolute atomic E-state index is 13.3. The molecule has 59 heavy (non-hydrogen) atoms. The molecule has 0 saturated carbocycles. The average molecular weight is 839 g/mol. The normalized spacial score (nSPS) is 18.0. The van der Waals surface area contributed by atoms with Gasteiger partial charge in [0.05, 0.1) is 44.0 Å². The van der Waals surface area contributed by atoms with Crippen molar-refractivity contribution >= 4 is 52.3 Å². The molecule has 7 rings (SSSR count). The number of urea groups is 1. The van der Waals surface area contributed by atoms with Crippen LogP contribution in [0.5, 0.6) is 5.75 Å². The zero-order chi connectivity index (χ0) is 41.1. The molecule has 11 nitrogen and oxygen atoms in total. The Bertz CT molecular complexity index is 2100. The van der Waals surface area contributed by atoms with Gasteiger partial charge in [-0.3, -0.25) is 14.4 Å². The van der Waals surface area contributed by atoms with Gasteiger partial charge in [0, 0.05) is 65.1 Å². The van der Waals surface area contributed by atoms with Gasteiger partial charge in [0.25, 0.3) is 5.91 Å². The van der Waals surface area contributed by atoms with Gasteiger partial charge < -0.3 is 29.7 Å². The Balaban J connectivity index is 0.731. The van der Waals surface area contributed by atoms with E-state index in [2.05, 4.69) is 16.7 Å². The maximum atomic E-state index is 13.3. The molecule has 4 heterocycles. The highest BCUT2D eigenvalue weighted by atomic mass is 32.2. The number of carbonyl (C=O) groups is 4. The largest absolute Gasteiger partial charge is 0.491 e. The number of ketones is 2. The number of amides is 3. The Labute approximate surface area is 355 Å². The van der Waals surface area contributed by atoms with Crippen LogP contribution in [-0.2, 0) is 38.3 Å². The van der Waals surface area contributed by atoms with E-state index in [1.54, 1.807) is 11.3 Å². The van der Waals surface area contributed by atoms with Crippen molar-refractivity contribution in [2.45, 2.75) is 89.0 Å². The number of hydrogen-bond donors (Lipinski definition) is 2. The van der Waals surface area contributed by atoms with E-state index >= 15 is 0 Å². The second-order valence-electron chi connectivity index (χ2n) is 15.5. The summed E-state index contributed by atoms with van der Waals surface area (Å²) in [4.78, 5) is 58.0. The minimum absolute atomic E-state index is 0.0285. The number of thioether (sulfide) groups is 1. The first-order chi connectivity index (χ1) is 28.7. The molecule has 0 bridgehead atoms. The summed E-state index contributed by atoms with van der Waals surface area (Å²) >= 11 is 3.47. The van der Waals surface area contributed by atoms with Crippen molar-refractivity contribution in [3.05, 3.63) is 98.9 Å². The van der Waals surface area contributed by atoms with Crippen LogP contribution in [0.15, 0.2) is 66.7 Å². The fourth-order valence-electron chi connectivity index (χ4n) is 8.02. The van der Waals surface area contributed by atoms with Crippen LogP contribution in [0.25, 0.3) is 11.3 Å². The van der Waals surface area contributed by atoms with Gasteiger partial charge in [0.2, 0.25) is 0 Å². The lowest BCUT2D eigenvalue weighted by Gasteiger charge is -2.18. The molecule has 2 saturated heterocycles. The number of hydrogen-bond acceptors (Lipinski definition) is 10. The second kappa shape index (κ2) is 20.6. The van der Waals surface area contributed by atoms with Crippen molar-refractivity contribution in [1.82, 2.24) is 15.6 Å². The number of nitrogens with one attached hydrogen (secondary N) is 2. The number of Topliss-reactive ketones (excluding diaryl/α,β-unsaturated/α-hetero) is 2. The summed E-state index contributed by atoms with van der Waals surface area (Å²) in [6, 6.07) is 21.9. The van der Waals surface area contributed by atoms with E-state index in [0.29, 0.717) is 76.3 Å². The van der Waals surface area contributed by atoms with Crippen LogP contribution >= 0.6 is 23.1 Å². The van der Waals surface area contributed by atoms with Crippen LogP contribution in [0.1, 0.15) is 75.5 Å². The first-order valence-corrected chi connectivity index (χ1v) is 22.6. The van der Waals surface area contributed by atoms with Crippen LogP contribution in [0, 0.1) is 13.8 Å². The number of aromatic nitrogens is 1. The quantitative estimate of drug-likeness (QED) is 0.0611. The number of carbonyl (C=O) groups excluding carboxylic acids is 4. The van der Waals surface area contributed by atoms with Crippen molar-refractivity contribution in [3.8, 4) is 17.0 Å². The third kappa shape index (κ3) is 11.4. The molecular formula is C46H54N4O7S2. The number of nitrogens with zero attached hydrogens (tertiary/aromatic N) is 2. The number of fused-ring (bicyclic) bond motifs is 2. The monoisotopic (exact) mass is 838 g/mol. The molecule has 13 heteroatoms. The van der Waals surface area contributed by atoms with Gasteiger partial charge >= 0.3 is 6.03 Å². The topological polar surface area (TPSA) is 136 Å². The zero-order valence-corrected chi connectivity index (χ0v) is 35.6. The molecular weight excluding hydrogens is 785 g/mol. The van der Waals surface area contributed by atoms with Crippen molar-refractivity contribution in [3.63, 3.8) is 0 Å². The van der Waals surface area contributed by atoms with E-state index in [1.807, 2.05) is 91.2 Å². The molecule has 3 atom stereocenters. The van der Waals surface area contributed by atoms with Gasteiger partial charge in [-0.1, -0.05) is 42.8 Å². The van der Waals surface area contributed by atoms with E-state index < -0.39 is 0 Å². The van der Waals surface area contributed by atoms with Crippen molar-refractivity contribution in [2.75, 3.05) is 50.2 Å². The Morgan fingerprint density at radius 3 is 2.46 bits per heavy atom. The van der Waals surface area contributed by atoms with Crippen LogP contribution in [-0.4, -0.2) is 91.2 Å². The number of anilines is 1. The number of benzene rings is 3. The summed E-state index contributed by atoms with van der Waals surface area (Å²) < 4.78 is 17.1. The number of rotatable bonds is 22. The lowest BCUT2D eigenvalue weighted by molar-refractivity contribution is -0.119. The molecule has 3 aliphatic rings. The van der Waals surface area contributed by atoms with Crippen LogP contribution in [0.4, 0.5) is 10.5 Å². The molecule has 1 aromatic heterocycles. The summed E-state index contributed by atoms with van der Waals surface area (Å²) in [5, 5.41) is 7.23. The molecule has 3 aliphatic heterocycles. The number of ether oxygens (including phenoxy) is 3. The van der Waals surface area contributed by atoms with Gasteiger partial charge in [-0.2, -0.15) is 11.8 Å². The number of unbranched alkanes of at least 4 members (excludes halogenated alkanes) is 1. The lowest BCUT2D eigenvalue weighted by Crippen LogP contribution is -2.36. The van der Waals surface area contributed by atoms with Gasteiger partial charge in [-0.25, -0.2) is 9.78 Å². The Morgan fingerprint density at radius 1 is 0.847 bits per heavy atom. The molecule has 3 aromatic carbocycles. The van der Waals surface area contributed by atoms with Gasteiger partial charge in [-0.05, 0) is 86.6 Å². The summed E-state index contributed by atoms with van der Waals surface area (Å²) in [7, 11) is 0. The minimum atomic E-state index is -0.0557. The molecule has 312 valence electrons. The predicted molar refractivity (Wildman–Crippen MR) is 233 cm³/mol. The van der Waals surface area contributed by atoms with E-state index in [4.69, 9.17) is 19.2 Å². The lowest BCUT2D eigenvalue weighted by atomic mass is 10.0. The molecule has 2 N–H and O–H groups in total. The molecule has 0 radical (unpaired) electrons. The van der Waals surface area contributed by atoms with E-state index in [1.165, 1.54) is 0 Å². The van der Waals surface area contributed by atoms with Crippen molar-refractivity contribution in [2.24, 2.45) is 0 Å². The highest BCUT2D eigenvalue weighted by molar-refractivity contribution is 8.00. The number of thiazole rings is 1. The summed E-state index contributed by atoms with van der Waals surface area (Å²) in [5.41, 5.74) is 6.60. The fourth-order valence-corrected chi connectivity index (χ4v) is 10.6. The first-order valence-electron chi connectivity index (χ1n) is 20.8. The Hall–Kier alpha value is -4.56. The summed E-state index contributed by atoms with van der Waals surface area (Å²) in [5.74, 6) is 2.09. The van der Waals surface area contributed by atoms with Crippen molar-refractivity contribution in [1.29, 1.82) is 0 Å². The Kier molecular flexibility index (Phi) is 14.9. The second-order valence-corrected chi connectivity index (χ2v) is 18.1. The van der Waals surface area contributed by atoms with Gasteiger partial charge in [0.15, 0.2) is 0 Å². The van der Waals surface area contributed by atoms with E-state index in [9.17, 15) is 19.2 Å². The van der Waals surface area contributed by atoms with E-state index in [-0.39, 0.29) is 42.0 Å². The standard InChI is InChI=1S/C46H54N4O7S2/c1-30-8-3-5-11-38(30)45(53)50-20-19-33-27-34(15-18-40(33)50)43-31(2)59-42(48-43)28-36(52)26-32-13-16-37(17-14-32)57-25-24-56-23-22-55-21-7-10-35(51)9-4-6-12-41-44-39(29-58-41)47-46(54)49-44/h3,5,8,11,13-18,27,39,41,44H,4,6-7,9-10,12,19-26,28-29H2,1-2H3,(H2,47,49,54)/t39-,41-,44-/m0/s1. The Morgan fingerprint density at radius 2 is 1.63 bits per heavy atom. The maximum Gasteiger partial charge on any atom is 0.315 e. The molecule has 0 unspecified atom stereocenters. The molecule has 0 spiro atoms. The summed E-state index contributed by atoms with van der Waals surface area (Å²) in [6.07, 6.45) is 6.16. The highest BCUT2D eigenvalue weighted by Gasteiger charge is 2.42. The average Bonchev–Trinajstić information content (AvgIpc) is 4.01. The zero-order valence-electron chi connectivity index (χ0n) is 34.0. The molecule has 4 aromatic rings. The van der Waals surface area contributed by atoms with Gasteiger partial charge in [-0.15, -0.1) is 11.3 Å². The van der Waals surface area contributed by atoms with E-state index in [0.717, 1.165) is 80.5 Å². The van der Waals surface area contributed by atoms with Crippen LogP contribution in [0.3, 0.4) is 0 Å². The first kappa shape index (κ1) is 42.6. The van der Waals surface area contributed by atoms with Crippen LogP contribution < -0.4 is 20.3 Å². The molecule has 0 aliphatic carbocycles. The fraction of sp³-hybridized carbons (Fsp3) is 0.457. The minimum Gasteiger partial charge on any atom is -0.491 e. The smallest absolute Gasteiger partial charge is 0.315 e. The number of aryl methyl sites for hydroxylation is 2. The summed E-state index contributed by atoms with van der Waals surface area (Å²) in [6.45, 7) is 6.95. The van der Waals surface area contributed by atoms with Gasteiger partial charge in [0.1, 0.15) is 28.9 Å². The third-order valence-corrected chi connectivity index (χ3v) is 13.6. The highest BCUT2D eigenvalue weighted by Crippen LogP contribution is 2.36. The SMILES string of the molecule is Cc1ccccc1C(=O)N1CCc2cc(-c3nc(CC(=O)Cc4ccc(OCCOCCOCCCC(=O)CCCC[C@@H]5SC[C@@H]6NC(=O)N[C@@H]65)cc4)sc3C)ccc21.